The zero-order valence-electron chi connectivity index (χ0n) is 15.5. The summed E-state index contributed by atoms with van der Waals surface area (Å²) in [5, 5.41) is 0.422. The number of aryl methyl sites for hydroxylation is 1. The Labute approximate surface area is 168 Å². The summed E-state index contributed by atoms with van der Waals surface area (Å²) in [5.41, 5.74) is 3.44. The van der Waals surface area contributed by atoms with Crippen molar-refractivity contribution in [3.63, 3.8) is 0 Å². The third-order valence-electron chi connectivity index (χ3n) is 4.88. The first-order valence-electron chi connectivity index (χ1n) is 9.46. The predicted octanol–water partition coefficient (Wildman–Crippen LogP) is 4.20. The number of pyridine rings is 1. The van der Waals surface area contributed by atoms with Gasteiger partial charge >= 0.3 is 0 Å². The van der Waals surface area contributed by atoms with Crippen molar-refractivity contribution >= 4 is 11.6 Å². The van der Waals surface area contributed by atoms with E-state index in [4.69, 9.17) is 21.3 Å². The average molecular weight is 401 g/mol. The van der Waals surface area contributed by atoms with Crippen molar-refractivity contribution in [2.24, 2.45) is 0 Å². The van der Waals surface area contributed by atoms with Gasteiger partial charge in [0.2, 0.25) is 0 Å². The molecule has 0 aliphatic carbocycles. The first-order valence-corrected chi connectivity index (χ1v) is 9.84. The maximum absolute atomic E-state index is 13.4. The summed E-state index contributed by atoms with van der Waals surface area (Å²) in [6.07, 6.45) is 3.52. The lowest BCUT2D eigenvalue weighted by molar-refractivity contribution is 0.0374. The molecule has 28 heavy (non-hydrogen) atoms. The minimum Gasteiger partial charge on any atom is -0.379 e. The van der Waals surface area contributed by atoms with E-state index >= 15 is 0 Å². The van der Waals surface area contributed by atoms with E-state index in [1.54, 1.807) is 24.4 Å². The third-order valence-corrected chi connectivity index (χ3v) is 5.08. The summed E-state index contributed by atoms with van der Waals surface area (Å²) in [4.78, 5) is 14.7. The minimum atomic E-state index is -0.265. The van der Waals surface area contributed by atoms with Crippen LogP contribution in [0, 0.1) is 5.82 Å². The number of H-pyrrole nitrogens is 1. The van der Waals surface area contributed by atoms with Gasteiger partial charge in [-0.05, 0) is 49.4 Å². The van der Waals surface area contributed by atoms with Gasteiger partial charge in [-0.15, -0.1) is 0 Å². The number of imidazole rings is 1. The molecule has 4 rings (SSSR count). The molecule has 3 heterocycles. The van der Waals surface area contributed by atoms with Crippen LogP contribution in [0.5, 0.6) is 0 Å². The number of aromatic amines is 1. The van der Waals surface area contributed by atoms with Crippen molar-refractivity contribution in [3.05, 3.63) is 59.4 Å². The smallest absolute Gasteiger partial charge is 0.129 e. The molecule has 1 saturated heterocycles. The largest absolute Gasteiger partial charge is 0.379 e. The monoisotopic (exact) mass is 400 g/mol. The van der Waals surface area contributed by atoms with Crippen molar-refractivity contribution in [1.29, 1.82) is 0 Å². The third kappa shape index (κ3) is 4.58. The van der Waals surface area contributed by atoms with Crippen molar-refractivity contribution in [3.8, 4) is 22.5 Å². The normalized spacial score (nSPS) is 15.1. The summed E-state index contributed by atoms with van der Waals surface area (Å²) >= 11 is 6.08. The number of hydrogen-bond donors (Lipinski definition) is 1. The van der Waals surface area contributed by atoms with Gasteiger partial charge in [-0.3, -0.25) is 4.90 Å². The summed E-state index contributed by atoms with van der Waals surface area (Å²) in [6.45, 7) is 4.61. The molecule has 5 nitrogen and oxygen atoms in total. The van der Waals surface area contributed by atoms with Crippen LogP contribution in [-0.2, 0) is 11.2 Å². The molecule has 146 valence electrons. The first-order chi connectivity index (χ1) is 13.7. The van der Waals surface area contributed by atoms with Crippen LogP contribution in [0.25, 0.3) is 22.5 Å². The lowest BCUT2D eigenvalue weighted by atomic mass is 10.1. The highest BCUT2D eigenvalue weighted by atomic mass is 35.5. The SMILES string of the molecule is Fc1ccc(-c2nc(CCCN3CCOCC3)[nH]c2-c2ccnc(Cl)c2)cc1. The van der Waals surface area contributed by atoms with E-state index in [2.05, 4.69) is 14.9 Å². The molecule has 1 fully saturated rings. The Hall–Kier alpha value is -2.28. The molecule has 1 aliphatic rings. The van der Waals surface area contributed by atoms with E-state index < -0.39 is 0 Å². The van der Waals surface area contributed by atoms with E-state index in [0.29, 0.717) is 5.15 Å². The summed E-state index contributed by atoms with van der Waals surface area (Å²) in [5.74, 6) is 0.647. The molecule has 0 spiro atoms. The van der Waals surface area contributed by atoms with Crippen LogP contribution in [0.2, 0.25) is 5.15 Å². The highest BCUT2D eigenvalue weighted by molar-refractivity contribution is 6.29. The molecule has 0 unspecified atom stereocenters. The Bertz CT molecular complexity index is 922. The zero-order valence-corrected chi connectivity index (χ0v) is 16.3. The Balaban J connectivity index is 1.57. The van der Waals surface area contributed by atoms with E-state index in [9.17, 15) is 4.39 Å². The zero-order chi connectivity index (χ0) is 19.3. The second-order valence-electron chi connectivity index (χ2n) is 6.84. The van der Waals surface area contributed by atoms with Crippen molar-refractivity contribution in [2.45, 2.75) is 12.8 Å². The maximum Gasteiger partial charge on any atom is 0.129 e. The predicted molar refractivity (Wildman–Crippen MR) is 108 cm³/mol. The quantitative estimate of drug-likeness (QED) is 0.630. The van der Waals surface area contributed by atoms with Gasteiger partial charge in [-0.1, -0.05) is 11.6 Å². The van der Waals surface area contributed by atoms with Gasteiger partial charge in [0, 0.05) is 36.8 Å². The topological polar surface area (TPSA) is 54.0 Å². The van der Waals surface area contributed by atoms with Crippen LogP contribution in [0.3, 0.4) is 0 Å². The lowest BCUT2D eigenvalue weighted by Crippen LogP contribution is -2.36. The van der Waals surface area contributed by atoms with E-state index in [0.717, 1.165) is 74.0 Å². The van der Waals surface area contributed by atoms with Gasteiger partial charge in [0.05, 0.1) is 24.6 Å². The standard InChI is InChI=1S/C21H22ClFN4O/c22-18-14-16(7-8-24-18)21-20(15-3-5-17(23)6-4-15)25-19(26-21)2-1-9-27-10-12-28-13-11-27/h3-8,14H,1-2,9-13H2,(H,25,26). The number of halogens is 2. The van der Waals surface area contributed by atoms with Crippen LogP contribution in [0.1, 0.15) is 12.2 Å². The molecule has 1 aromatic carbocycles. The van der Waals surface area contributed by atoms with Crippen molar-refractivity contribution < 1.29 is 9.13 Å². The molecular weight excluding hydrogens is 379 g/mol. The Morgan fingerprint density at radius 2 is 1.89 bits per heavy atom. The number of hydrogen-bond acceptors (Lipinski definition) is 4. The molecule has 7 heteroatoms. The maximum atomic E-state index is 13.4. The highest BCUT2D eigenvalue weighted by Crippen LogP contribution is 2.31. The Morgan fingerprint density at radius 1 is 1.11 bits per heavy atom. The highest BCUT2D eigenvalue weighted by Gasteiger charge is 2.16. The van der Waals surface area contributed by atoms with Crippen LogP contribution in [-0.4, -0.2) is 52.7 Å². The summed E-state index contributed by atoms with van der Waals surface area (Å²) in [7, 11) is 0. The van der Waals surface area contributed by atoms with E-state index in [1.807, 2.05) is 6.07 Å². The fourth-order valence-corrected chi connectivity index (χ4v) is 3.59. The lowest BCUT2D eigenvalue weighted by Gasteiger charge is -2.26. The first kappa shape index (κ1) is 19.1. The number of nitrogens with one attached hydrogen (secondary N) is 1. The summed E-state index contributed by atoms with van der Waals surface area (Å²) < 4.78 is 18.8. The number of morpholine rings is 1. The van der Waals surface area contributed by atoms with Crippen molar-refractivity contribution in [2.75, 3.05) is 32.8 Å². The van der Waals surface area contributed by atoms with E-state index in [-0.39, 0.29) is 5.82 Å². The fourth-order valence-electron chi connectivity index (χ4n) is 3.42. The Kier molecular flexibility index (Phi) is 6.00. The molecule has 0 atom stereocenters. The van der Waals surface area contributed by atoms with Crippen LogP contribution in [0.15, 0.2) is 42.6 Å². The van der Waals surface area contributed by atoms with Gasteiger partial charge < -0.3 is 9.72 Å². The molecule has 1 aliphatic heterocycles. The number of nitrogens with zero attached hydrogens (tertiary/aromatic N) is 3. The van der Waals surface area contributed by atoms with Crippen molar-refractivity contribution in [1.82, 2.24) is 19.9 Å². The number of benzene rings is 1. The molecule has 0 saturated carbocycles. The average Bonchev–Trinajstić information content (AvgIpc) is 3.14. The second-order valence-corrected chi connectivity index (χ2v) is 7.23. The molecule has 1 N–H and O–H groups in total. The number of aromatic nitrogens is 3. The van der Waals surface area contributed by atoms with Gasteiger partial charge in [-0.2, -0.15) is 0 Å². The van der Waals surface area contributed by atoms with Crippen LogP contribution in [0.4, 0.5) is 4.39 Å². The molecular formula is C21H22ClFN4O. The summed E-state index contributed by atoms with van der Waals surface area (Å²) in [6, 6.07) is 10.1. The van der Waals surface area contributed by atoms with Gasteiger partial charge in [0.1, 0.15) is 16.8 Å². The number of rotatable bonds is 6. The van der Waals surface area contributed by atoms with Gasteiger partial charge in [-0.25, -0.2) is 14.4 Å². The molecule has 3 aromatic rings. The van der Waals surface area contributed by atoms with Crippen LogP contribution >= 0.6 is 11.6 Å². The molecule has 2 aromatic heterocycles. The minimum absolute atomic E-state index is 0.265. The van der Waals surface area contributed by atoms with Crippen LogP contribution < -0.4 is 0 Å². The van der Waals surface area contributed by atoms with Gasteiger partial charge in [0.25, 0.3) is 0 Å². The van der Waals surface area contributed by atoms with Gasteiger partial charge in [0.15, 0.2) is 0 Å². The van der Waals surface area contributed by atoms with E-state index in [1.165, 1.54) is 12.1 Å². The Morgan fingerprint density at radius 3 is 2.64 bits per heavy atom. The second kappa shape index (κ2) is 8.82. The number of ether oxygens (including phenoxy) is 1. The molecule has 0 amide bonds. The fraction of sp³-hybridized carbons (Fsp3) is 0.333. The molecule has 0 bridgehead atoms. The molecule has 0 radical (unpaired) electrons.